The largest absolute Gasteiger partial charge is 0.383 e. The molecular formula is C24H25N8O2S+. The molecule has 10 nitrogen and oxygen atoms in total. The van der Waals surface area contributed by atoms with Crippen LogP contribution in [0.2, 0.25) is 0 Å². The molecule has 0 spiro atoms. The van der Waals surface area contributed by atoms with Crippen LogP contribution in [0.3, 0.4) is 0 Å². The summed E-state index contributed by atoms with van der Waals surface area (Å²) >= 11 is 1.07. The van der Waals surface area contributed by atoms with Crippen LogP contribution in [0.25, 0.3) is 11.1 Å². The molecule has 0 bridgehead atoms. The predicted octanol–water partition coefficient (Wildman–Crippen LogP) is 2.76. The Labute approximate surface area is 207 Å². The number of aryl methyl sites for hydroxylation is 1. The van der Waals surface area contributed by atoms with Crippen molar-refractivity contribution in [2.75, 3.05) is 34.9 Å². The van der Waals surface area contributed by atoms with Crippen LogP contribution in [0, 0.1) is 22.7 Å². The van der Waals surface area contributed by atoms with Gasteiger partial charge in [-0.25, -0.2) is 4.98 Å². The lowest BCUT2D eigenvalue weighted by Gasteiger charge is -2.17. The van der Waals surface area contributed by atoms with Crippen molar-refractivity contribution in [3.8, 4) is 23.3 Å². The normalized spacial score (nSPS) is 13.2. The fraction of sp³-hybridized carbons (Fsp3) is 0.333. The van der Waals surface area contributed by atoms with Crippen LogP contribution < -0.4 is 20.9 Å². The van der Waals surface area contributed by atoms with Crippen LogP contribution >= 0.6 is 11.8 Å². The average molecular weight is 490 g/mol. The first-order chi connectivity index (χ1) is 17.0. The van der Waals surface area contributed by atoms with Gasteiger partial charge in [0, 0.05) is 5.56 Å². The maximum atomic E-state index is 12.6. The van der Waals surface area contributed by atoms with Gasteiger partial charge in [0.25, 0.3) is 6.20 Å². The summed E-state index contributed by atoms with van der Waals surface area (Å²) in [4.78, 5) is 18.4. The van der Waals surface area contributed by atoms with Gasteiger partial charge >= 0.3 is 5.88 Å². The molecule has 2 aromatic heterocycles. The van der Waals surface area contributed by atoms with E-state index in [1.165, 1.54) is 6.42 Å². The second kappa shape index (κ2) is 10.9. The van der Waals surface area contributed by atoms with Crippen molar-refractivity contribution in [3.05, 3.63) is 47.2 Å². The minimum absolute atomic E-state index is 0.0155. The molecule has 3 N–H and O–H groups in total. The Morgan fingerprint density at radius 3 is 2.57 bits per heavy atom. The Bertz CT molecular complexity index is 1300. The number of thioether (sulfide) groups is 1. The second-order valence-corrected chi connectivity index (χ2v) is 9.00. The molecule has 1 fully saturated rings. The number of aromatic nitrogens is 3. The number of carbonyl (C=O) groups excluding carboxylic acids is 1. The number of nitrogens with one attached hydrogen (secondary N) is 1. The van der Waals surface area contributed by atoms with E-state index in [1.807, 2.05) is 31.2 Å². The topological polar surface area (TPSA) is 149 Å². The Kier molecular flexibility index (Phi) is 7.48. The van der Waals surface area contributed by atoms with Crippen LogP contribution in [0.1, 0.15) is 42.9 Å². The molecule has 178 valence electrons. The van der Waals surface area contributed by atoms with E-state index in [2.05, 4.69) is 32.7 Å². The highest BCUT2D eigenvalue weighted by atomic mass is 32.2. The zero-order valence-corrected chi connectivity index (χ0v) is 20.1. The monoisotopic (exact) mass is 489 g/mol. The summed E-state index contributed by atoms with van der Waals surface area (Å²) in [5, 5.41) is 28.6. The quantitative estimate of drug-likeness (QED) is 0.377. The molecule has 0 saturated carbocycles. The number of nitrogens with two attached hydrogens (primary N) is 1. The van der Waals surface area contributed by atoms with E-state index < -0.39 is 0 Å². The summed E-state index contributed by atoms with van der Waals surface area (Å²) in [6.07, 6.45) is 5.87. The third-order valence-electron chi connectivity index (χ3n) is 5.75. The third kappa shape index (κ3) is 5.36. The standard InChI is InChI=1S/C24H24N8O2S/c1-2-16-6-8-17(9-7-16)22-18(12-25)23(27)29-24(19(22)13-26)35-15-20(33)28-21-14-32(30-34-21)31-10-4-3-5-11-31/h6-9,14H,2-5,10-11,15H2,1H3,(H2-,27,28,29,30,33)/p+1. The minimum Gasteiger partial charge on any atom is -0.383 e. The smallest absolute Gasteiger partial charge is 0.305 e. The highest BCUT2D eigenvalue weighted by Gasteiger charge is 2.24. The first kappa shape index (κ1) is 24.0. The van der Waals surface area contributed by atoms with Crippen molar-refractivity contribution < 1.29 is 14.1 Å². The van der Waals surface area contributed by atoms with E-state index in [1.54, 1.807) is 11.0 Å². The summed E-state index contributed by atoms with van der Waals surface area (Å²) < 4.78 is 5.24. The number of nitrogen functional groups attached to an aromatic ring is 1. The summed E-state index contributed by atoms with van der Waals surface area (Å²) in [5.41, 5.74) is 8.67. The highest BCUT2D eigenvalue weighted by molar-refractivity contribution is 8.00. The molecule has 4 rings (SSSR count). The number of hydrogen-bond acceptors (Lipinski definition) is 9. The zero-order chi connectivity index (χ0) is 24.8. The number of amides is 1. The van der Waals surface area contributed by atoms with Gasteiger partial charge in [0.15, 0.2) is 0 Å². The molecule has 0 aliphatic carbocycles. The van der Waals surface area contributed by atoms with Crippen molar-refractivity contribution in [1.82, 2.24) is 10.3 Å². The van der Waals surface area contributed by atoms with E-state index >= 15 is 0 Å². The molecule has 3 aromatic rings. The molecule has 1 amide bonds. The lowest BCUT2D eigenvalue weighted by Crippen LogP contribution is -2.60. The number of nitriles is 2. The molecule has 1 saturated heterocycles. The van der Waals surface area contributed by atoms with Crippen LogP contribution in [-0.2, 0) is 11.2 Å². The van der Waals surface area contributed by atoms with Crippen molar-refractivity contribution in [2.24, 2.45) is 0 Å². The molecule has 11 heteroatoms. The molecule has 0 atom stereocenters. The molecule has 1 aromatic carbocycles. The van der Waals surface area contributed by atoms with Gasteiger partial charge in [-0.3, -0.25) is 14.6 Å². The first-order valence-electron chi connectivity index (χ1n) is 11.3. The molecule has 3 heterocycles. The van der Waals surface area contributed by atoms with Crippen LogP contribution in [-0.4, -0.2) is 35.0 Å². The summed E-state index contributed by atoms with van der Waals surface area (Å²) in [7, 11) is 0. The number of rotatable bonds is 7. The Hall–Kier alpha value is -4.09. The molecular weight excluding hydrogens is 464 g/mol. The predicted molar refractivity (Wildman–Crippen MR) is 131 cm³/mol. The fourth-order valence-corrected chi connectivity index (χ4v) is 4.71. The number of hydrogen-bond donors (Lipinski definition) is 2. The van der Waals surface area contributed by atoms with E-state index in [0.717, 1.165) is 49.7 Å². The van der Waals surface area contributed by atoms with Gasteiger partial charge in [-0.05, 0) is 36.8 Å². The van der Waals surface area contributed by atoms with Gasteiger partial charge in [-0.1, -0.05) is 43.0 Å². The van der Waals surface area contributed by atoms with Gasteiger partial charge in [0.2, 0.25) is 11.2 Å². The number of nitrogens with zero attached hydrogens (tertiary/aromatic N) is 6. The highest BCUT2D eigenvalue weighted by Crippen LogP contribution is 2.35. The Morgan fingerprint density at radius 1 is 1.20 bits per heavy atom. The molecule has 0 unspecified atom stereocenters. The van der Waals surface area contributed by atoms with Gasteiger partial charge in [-0.15, -0.1) is 0 Å². The fourth-order valence-electron chi connectivity index (χ4n) is 3.91. The van der Waals surface area contributed by atoms with Crippen LogP contribution in [0.5, 0.6) is 0 Å². The minimum atomic E-state index is -0.348. The maximum Gasteiger partial charge on any atom is 0.305 e. The number of carbonyl (C=O) groups is 1. The van der Waals surface area contributed by atoms with Crippen molar-refractivity contribution in [2.45, 2.75) is 37.6 Å². The lowest BCUT2D eigenvalue weighted by atomic mass is 9.96. The number of pyridine rings is 1. The van der Waals surface area contributed by atoms with E-state index in [-0.39, 0.29) is 39.5 Å². The van der Waals surface area contributed by atoms with Gasteiger partial charge in [0.05, 0.1) is 29.2 Å². The first-order valence-corrected chi connectivity index (χ1v) is 12.3. The molecule has 1 aliphatic rings. The number of anilines is 2. The SMILES string of the molecule is CCc1ccc(-c2c(C#N)c(N)nc(SCC(=O)Nc3c[n+](N4CCCCC4)no3)c2C#N)cc1. The summed E-state index contributed by atoms with van der Waals surface area (Å²) in [5.74, 6) is -0.141. The van der Waals surface area contributed by atoms with Crippen LogP contribution in [0.4, 0.5) is 11.7 Å². The summed E-state index contributed by atoms with van der Waals surface area (Å²) in [6.45, 7) is 3.81. The Morgan fingerprint density at radius 2 is 1.91 bits per heavy atom. The van der Waals surface area contributed by atoms with Crippen molar-refractivity contribution in [3.63, 3.8) is 0 Å². The molecule has 0 radical (unpaired) electrons. The van der Waals surface area contributed by atoms with E-state index in [0.29, 0.717) is 11.1 Å². The Balaban J connectivity index is 1.51. The van der Waals surface area contributed by atoms with E-state index in [9.17, 15) is 15.3 Å². The van der Waals surface area contributed by atoms with Crippen molar-refractivity contribution in [1.29, 1.82) is 10.5 Å². The van der Waals surface area contributed by atoms with Crippen molar-refractivity contribution >= 4 is 29.4 Å². The number of piperidine rings is 1. The second-order valence-electron chi connectivity index (χ2n) is 8.04. The summed E-state index contributed by atoms with van der Waals surface area (Å²) in [6, 6.07) is 11.8. The lowest BCUT2D eigenvalue weighted by molar-refractivity contribution is -0.759. The maximum absolute atomic E-state index is 12.6. The molecule has 35 heavy (non-hydrogen) atoms. The van der Waals surface area contributed by atoms with Gasteiger partial charge < -0.3 is 5.73 Å². The van der Waals surface area contributed by atoms with Gasteiger partial charge in [0.1, 0.15) is 28.5 Å². The molecule has 1 aliphatic heterocycles. The number of benzene rings is 1. The average Bonchev–Trinajstić information content (AvgIpc) is 3.36. The van der Waals surface area contributed by atoms with E-state index in [4.69, 9.17) is 10.3 Å². The zero-order valence-electron chi connectivity index (χ0n) is 19.3. The van der Waals surface area contributed by atoms with Gasteiger partial charge in [-0.2, -0.15) is 15.5 Å². The third-order valence-corrected chi connectivity index (χ3v) is 6.72. The van der Waals surface area contributed by atoms with Crippen LogP contribution in [0.15, 0.2) is 40.0 Å².